The quantitative estimate of drug-likeness (QED) is 0.688. The summed E-state index contributed by atoms with van der Waals surface area (Å²) in [7, 11) is 1.29. The molecule has 0 saturated carbocycles. The summed E-state index contributed by atoms with van der Waals surface area (Å²) < 4.78 is 3.39. The molecule has 0 bridgehead atoms. The third-order valence-electron chi connectivity index (χ3n) is 3.03. The smallest absolute Gasteiger partial charge is 0.318 e. The van der Waals surface area contributed by atoms with Crippen LogP contribution in [0.5, 0.6) is 0 Å². The minimum Gasteiger partial charge on any atom is -0.318 e. The number of imidazole rings is 1. The second-order valence-electron chi connectivity index (χ2n) is 4.33. The number of anilines is 1. The van der Waals surface area contributed by atoms with E-state index in [0.717, 1.165) is 5.56 Å². The zero-order chi connectivity index (χ0) is 13.9. The number of rotatable bonds is 3. The molecular formula is C13H11BN6+. The van der Waals surface area contributed by atoms with Crippen molar-refractivity contribution in [3.05, 3.63) is 48.5 Å². The van der Waals surface area contributed by atoms with E-state index in [1.165, 1.54) is 18.2 Å². The predicted molar refractivity (Wildman–Crippen MR) is 74.4 cm³/mol. The van der Waals surface area contributed by atoms with Crippen molar-refractivity contribution in [2.45, 2.75) is 6.54 Å². The van der Waals surface area contributed by atoms with Gasteiger partial charge >= 0.3 is 7.41 Å². The van der Waals surface area contributed by atoms with Gasteiger partial charge in [-0.3, -0.25) is 9.05 Å². The van der Waals surface area contributed by atoms with E-state index in [1.54, 1.807) is 6.33 Å². The molecule has 0 aliphatic carbocycles. The van der Waals surface area contributed by atoms with E-state index < -0.39 is 0 Å². The normalized spacial score (nSPS) is 10.3. The summed E-state index contributed by atoms with van der Waals surface area (Å²) in [5.41, 5.74) is 8.43. The summed E-state index contributed by atoms with van der Waals surface area (Å²) >= 11 is 0. The lowest BCUT2D eigenvalue weighted by molar-refractivity contribution is -0.513. The number of nitrogens with zero attached hydrogens (tertiary/aromatic N) is 5. The number of nitriles is 1. The molecule has 0 aliphatic rings. The van der Waals surface area contributed by atoms with Gasteiger partial charge in [0.25, 0.3) is 0 Å². The Morgan fingerprint density at radius 1 is 1.30 bits per heavy atom. The maximum atomic E-state index is 8.68. The molecule has 3 rings (SSSR count). The van der Waals surface area contributed by atoms with Gasteiger partial charge in [0.05, 0.1) is 18.8 Å². The summed E-state index contributed by atoms with van der Waals surface area (Å²) in [6.07, 6.45) is 3.22. The van der Waals surface area contributed by atoms with E-state index in [9.17, 15) is 0 Å². The summed E-state index contributed by atoms with van der Waals surface area (Å²) in [5, 5.41) is 8.68. The fraction of sp³-hybridized carbons (Fsp3) is 0.0769. The number of hydrogen-bond acceptors (Lipinski definition) is 4. The molecule has 1 aromatic carbocycles. The highest BCUT2D eigenvalue weighted by Crippen LogP contribution is 2.14. The fourth-order valence-corrected chi connectivity index (χ4v) is 2.05. The number of fused-ring (bicyclic) bond motifs is 1. The maximum Gasteiger partial charge on any atom is 0.485 e. The first-order valence-electron chi connectivity index (χ1n) is 6.07. The van der Waals surface area contributed by atoms with E-state index in [0.29, 0.717) is 23.5 Å². The van der Waals surface area contributed by atoms with Crippen LogP contribution >= 0.6 is 0 Å². The number of aromatic nitrogens is 4. The van der Waals surface area contributed by atoms with Gasteiger partial charge in [-0.25, -0.2) is 10.2 Å². The van der Waals surface area contributed by atoms with Crippen LogP contribution in [0, 0.1) is 11.2 Å². The Morgan fingerprint density at radius 2 is 2.10 bits per heavy atom. The van der Waals surface area contributed by atoms with E-state index in [-0.39, 0.29) is 0 Å². The van der Waals surface area contributed by atoms with Crippen LogP contribution in [0.2, 0.25) is 0 Å². The average molecular weight is 262 g/mol. The molecule has 6 nitrogen and oxygen atoms in total. The SMILES string of the molecule is N#C[B][n+]1cnc2c(ncn2Cc2ccccc2)c1N. The van der Waals surface area contributed by atoms with Crippen LogP contribution in [0.1, 0.15) is 5.56 Å². The maximum absolute atomic E-state index is 8.68. The molecule has 2 heterocycles. The van der Waals surface area contributed by atoms with Crippen LogP contribution in [-0.4, -0.2) is 21.9 Å². The minimum atomic E-state index is 0.406. The van der Waals surface area contributed by atoms with Gasteiger partial charge in [-0.2, -0.15) is 0 Å². The molecule has 3 aromatic rings. The molecular weight excluding hydrogens is 251 g/mol. The topological polar surface area (TPSA) is 84.4 Å². The molecule has 95 valence electrons. The largest absolute Gasteiger partial charge is 0.485 e. The Kier molecular flexibility index (Phi) is 3.05. The second kappa shape index (κ2) is 5.01. The van der Waals surface area contributed by atoms with E-state index in [1.807, 2.05) is 40.9 Å². The molecule has 2 aromatic heterocycles. The lowest BCUT2D eigenvalue weighted by atomic mass is 9.98. The third-order valence-corrected chi connectivity index (χ3v) is 3.03. The van der Waals surface area contributed by atoms with Gasteiger partial charge in [-0.05, 0) is 5.56 Å². The number of nitrogen functional groups attached to an aromatic ring is 1. The monoisotopic (exact) mass is 262 g/mol. The Morgan fingerprint density at radius 3 is 2.85 bits per heavy atom. The third kappa shape index (κ3) is 2.08. The molecule has 0 saturated heterocycles. The van der Waals surface area contributed by atoms with Gasteiger partial charge in [-0.15, -0.1) is 0 Å². The van der Waals surface area contributed by atoms with Gasteiger partial charge in [0.2, 0.25) is 17.8 Å². The summed E-state index contributed by atoms with van der Waals surface area (Å²) in [6, 6.07) is 10.0. The zero-order valence-corrected chi connectivity index (χ0v) is 10.6. The Bertz CT molecular complexity index is 790. The summed E-state index contributed by atoms with van der Waals surface area (Å²) in [4.78, 5) is 8.60. The molecule has 1 radical (unpaired) electrons. The van der Waals surface area contributed by atoms with Crippen molar-refractivity contribution in [2.24, 2.45) is 0 Å². The minimum absolute atomic E-state index is 0.406. The molecule has 0 fully saturated rings. The van der Waals surface area contributed by atoms with Crippen LogP contribution in [0.3, 0.4) is 0 Å². The Hall–Kier alpha value is -2.88. The Labute approximate surface area is 116 Å². The first kappa shape index (κ1) is 12.2. The van der Waals surface area contributed by atoms with Crippen molar-refractivity contribution < 1.29 is 4.48 Å². The number of benzene rings is 1. The highest BCUT2D eigenvalue weighted by molar-refractivity contribution is 6.35. The summed E-state index contributed by atoms with van der Waals surface area (Å²) in [6.45, 7) is 0.676. The van der Waals surface area contributed by atoms with Crippen molar-refractivity contribution in [1.82, 2.24) is 14.5 Å². The lowest BCUT2D eigenvalue weighted by Gasteiger charge is -2.02. The molecule has 7 heteroatoms. The van der Waals surface area contributed by atoms with Gasteiger partial charge in [0.15, 0.2) is 5.52 Å². The van der Waals surface area contributed by atoms with Gasteiger partial charge in [0.1, 0.15) is 0 Å². The van der Waals surface area contributed by atoms with Gasteiger partial charge in [0, 0.05) is 0 Å². The second-order valence-corrected chi connectivity index (χ2v) is 4.33. The standard InChI is InChI=1S/C13H11BN6/c15-7-14-20-9-18-13-11(12(20)16)17-8-19(13)6-10-4-2-1-3-5-10/h1-5,8-9H,6H2,(H2,16,18)/q+1. The van der Waals surface area contributed by atoms with Crippen molar-refractivity contribution in [3.8, 4) is 5.97 Å². The van der Waals surface area contributed by atoms with Crippen molar-refractivity contribution in [2.75, 3.05) is 5.73 Å². The van der Waals surface area contributed by atoms with Gasteiger partial charge < -0.3 is 5.73 Å². The first-order valence-corrected chi connectivity index (χ1v) is 6.07. The van der Waals surface area contributed by atoms with Crippen LogP contribution in [0.4, 0.5) is 5.82 Å². The van der Waals surface area contributed by atoms with Crippen LogP contribution in [0.25, 0.3) is 11.2 Å². The summed E-state index contributed by atoms with van der Waals surface area (Å²) in [5.74, 6) is 2.33. The van der Waals surface area contributed by atoms with Crippen LogP contribution in [0.15, 0.2) is 43.0 Å². The van der Waals surface area contributed by atoms with Crippen molar-refractivity contribution in [1.29, 1.82) is 5.26 Å². The molecule has 0 unspecified atom stereocenters. The first-order chi connectivity index (χ1) is 9.79. The molecule has 0 amide bonds. The predicted octanol–water partition coefficient (Wildman–Crippen LogP) is 0.298. The van der Waals surface area contributed by atoms with Gasteiger partial charge in [-0.1, -0.05) is 35.3 Å². The average Bonchev–Trinajstić information content (AvgIpc) is 2.87. The highest BCUT2D eigenvalue weighted by Gasteiger charge is 2.17. The molecule has 2 N–H and O–H groups in total. The zero-order valence-electron chi connectivity index (χ0n) is 10.6. The fourth-order valence-electron chi connectivity index (χ4n) is 2.05. The molecule has 0 aliphatic heterocycles. The van der Waals surface area contributed by atoms with Crippen LogP contribution in [-0.2, 0) is 6.54 Å². The van der Waals surface area contributed by atoms with E-state index in [4.69, 9.17) is 11.0 Å². The molecule has 0 atom stereocenters. The van der Waals surface area contributed by atoms with E-state index in [2.05, 4.69) is 9.97 Å². The molecule has 0 spiro atoms. The van der Waals surface area contributed by atoms with Crippen molar-refractivity contribution >= 4 is 24.4 Å². The van der Waals surface area contributed by atoms with Crippen LogP contribution < -0.4 is 10.2 Å². The van der Waals surface area contributed by atoms with Crippen molar-refractivity contribution in [3.63, 3.8) is 0 Å². The Balaban J connectivity index is 2.02. The highest BCUT2D eigenvalue weighted by atomic mass is 15.1. The molecule has 20 heavy (non-hydrogen) atoms. The lowest BCUT2D eigenvalue weighted by Crippen LogP contribution is -2.42. The number of nitrogens with two attached hydrogens (primary N) is 1. The van der Waals surface area contributed by atoms with E-state index >= 15 is 0 Å². The number of hydrogen-bond donors (Lipinski definition) is 1.